The second-order valence-corrected chi connectivity index (χ2v) is 3.09. The smallest absolute Gasteiger partial charge is 0.160 e. The van der Waals surface area contributed by atoms with Gasteiger partial charge in [-0.05, 0) is 18.6 Å². The summed E-state index contributed by atoms with van der Waals surface area (Å²) in [6.07, 6.45) is 0.872. The molecule has 0 bridgehead atoms. The topological polar surface area (TPSA) is 12.0 Å². The van der Waals surface area contributed by atoms with E-state index in [1.54, 1.807) is 0 Å². The van der Waals surface area contributed by atoms with Crippen LogP contribution in [-0.4, -0.2) is 6.54 Å². The number of halogens is 2. The molecule has 0 spiro atoms. The average Bonchev–Trinajstić information content (AvgIpc) is 2.19. The van der Waals surface area contributed by atoms with Gasteiger partial charge >= 0.3 is 0 Å². The average molecular weight is 197 g/mol. The molecule has 0 aromatic heterocycles. The van der Waals surface area contributed by atoms with Crippen LogP contribution in [0, 0.1) is 11.6 Å². The Labute approximate surface area is 82.4 Å². The fourth-order valence-corrected chi connectivity index (χ4v) is 0.958. The molecule has 0 aliphatic rings. The Kier molecular flexibility index (Phi) is 3.63. The molecule has 1 N–H and O–H groups in total. The highest BCUT2D eigenvalue weighted by molar-refractivity contribution is 5.44. The van der Waals surface area contributed by atoms with E-state index in [4.69, 9.17) is 0 Å². The van der Waals surface area contributed by atoms with E-state index in [0.29, 0.717) is 12.2 Å². The molecule has 0 amide bonds. The Bertz CT molecular complexity index is 334. The van der Waals surface area contributed by atoms with Gasteiger partial charge in [0.2, 0.25) is 0 Å². The minimum atomic E-state index is -0.836. The van der Waals surface area contributed by atoms with Crippen LogP contribution in [0.3, 0.4) is 0 Å². The van der Waals surface area contributed by atoms with Crippen LogP contribution in [0.5, 0.6) is 0 Å². The number of hydrogen-bond donors (Lipinski definition) is 1. The normalized spacial score (nSPS) is 9.93. The van der Waals surface area contributed by atoms with Crippen LogP contribution in [0.2, 0.25) is 0 Å². The maximum absolute atomic E-state index is 12.7. The van der Waals surface area contributed by atoms with Gasteiger partial charge in [-0.1, -0.05) is 19.1 Å². The van der Waals surface area contributed by atoms with Crippen molar-refractivity contribution in [2.24, 2.45) is 0 Å². The zero-order chi connectivity index (χ0) is 10.6. The molecule has 0 atom stereocenters. The van der Waals surface area contributed by atoms with E-state index in [9.17, 15) is 8.78 Å². The molecule has 0 aliphatic heterocycles. The molecule has 1 rings (SSSR count). The summed E-state index contributed by atoms with van der Waals surface area (Å²) in [5.41, 5.74) is 1.59. The number of anilines is 1. The van der Waals surface area contributed by atoms with Gasteiger partial charge in [0.25, 0.3) is 0 Å². The van der Waals surface area contributed by atoms with Gasteiger partial charge in [-0.3, -0.25) is 0 Å². The molecule has 1 nitrogen and oxygen atoms in total. The summed E-state index contributed by atoms with van der Waals surface area (Å²) in [5, 5.41) is 2.96. The second-order valence-electron chi connectivity index (χ2n) is 3.09. The van der Waals surface area contributed by atoms with Crippen molar-refractivity contribution in [3.8, 4) is 0 Å². The van der Waals surface area contributed by atoms with Crippen molar-refractivity contribution < 1.29 is 8.78 Å². The third kappa shape index (κ3) is 2.83. The zero-order valence-corrected chi connectivity index (χ0v) is 8.11. The van der Waals surface area contributed by atoms with E-state index in [0.717, 1.165) is 24.1 Å². The molecule has 3 heteroatoms. The summed E-state index contributed by atoms with van der Waals surface area (Å²) in [4.78, 5) is 0. The summed E-state index contributed by atoms with van der Waals surface area (Å²) >= 11 is 0. The second kappa shape index (κ2) is 4.74. The first kappa shape index (κ1) is 10.7. The van der Waals surface area contributed by atoms with E-state index in [1.165, 1.54) is 6.07 Å². The third-order valence-electron chi connectivity index (χ3n) is 1.96. The van der Waals surface area contributed by atoms with E-state index >= 15 is 0 Å². The van der Waals surface area contributed by atoms with Gasteiger partial charge in [-0.15, -0.1) is 0 Å². The first-order chi connectivity index (χ1) is 6.63. The molecule has 0 unspecified atom stereocenters. The molecule has 0 heterocycles. The van der Waals surface area contributed by atoms with Gasteiger partial charge in [-0.25, -0.2) is 8.78 Å². The summed E-state index contributed by atoms with van der Waals surface area (Å²) in [5.74, 6) is -1.66. The number of rotatable bonds is 4. The summed E-state index contributed by atoms with van der Waals surface area (Å²) in [6, 6.07) is 3.74. The fraction of sp³-hybridized carbons (Fsp3) is 0.273. The van der Waals surface area contributed by atoms with Crippen LogP contribution in [0.4, 0.5) is 14.5 Å². The van der Waals surface area contributed by atoms with Crippen molar-refractivity contribution in [2.75, 3.05) is 11.9 Å². The Morgan fingerprint density at radius 2 is 2.07 bits per heavy atom. The Balaban J connectivity index is 2.60. The Morgan fingerprint density at radius 3 is 2.64 bits per heavy atom. The molecule has 0 fully saturated rings. The SMILES string of the molecule is C=C(CC)CNc1ccc(F)c(F)c1. The van der Waals surface area contributed by atoms with Crippen LogP contribution in [-0.2, 0) is 0 Å². The van der Waals surface area contributed by atoms with Crippen molar-refractivity contribution in [1.82, 2.24) is 0 Å². The predicted octanol–water partition coefficient (Wildman–Crippen LogP) is 3.34. The summed E-state index contributed by atoms with van der Waals surface area (Å²) in [7, 11) is 0. The zero-order valence-electron chi connectivity index (χ0n) is 8.11. The minimum absolute atomic E-state index is 0.568. The lowest BCUT2D eigenvalue weighted by Crippen LogP contribution is -2.03. The summed E-state index contributed by atoms with van der Waals surface area (Å²) in [6.45, 7) is 6.38. The van der Waals surface area contributed by atoms with Gasteiger partial charge in [0.1, 0.15) is 0 Å². The molecule has 0 radical (unpaired) electrons. The van der Waals surface area contributed by atoms with Gasteiger partial charge in [0.05, 0.1) is 0 Å². The van der Waals surface area contributed by atoms with Gasteiger partial charge in [0.15, 0.2) is 11.6 Å². The molecule has 1 aromatic carbocycles. The number of benzene rings is 1. The molecule has 76 valence electrons. The number of hydrogen-bond acceptors (Lipinski definition) is 1. The molecule has 14 heavy (non-hydrogen) atoms. The third-order valence-corrected chi connectivity index (χ3v) is 1.96. The molecule has 0 saturated heterocycles. The quantitative estimate of drug-likeness (QED) is 0.730. The van der Waals surface area contributed by atoms with Gasteiger partial charge < -0.3 is 5.32 Å². The first-order valence-electron chi connectivity index (χ1n) is 4.49. The standard InChI is InChI=1S/C11H13F2N/c1-3-8(2)7-14-9-4-5-10(12)11(13)6-9/h4-6,14H,2-3,7H2,1H3. The molecular weight excluding hydrogens is 184 g/mol. The van der Waals surface area contributed by atoms with Gasteiger partial charge in [-0.2, -0.15) is 0 Å². The van der Waals surface area contributed by atoms with Crippen molar-refractivity contribution in [1.29, 1.82) is 0 Å². The summed E-state index contributed by atoms with van der Waals surface area (Å²) < 4.78 is 25.3. The molecule has 0 aliphatic carbocycles. The van der Waals surface area contributed by atoms with Crippen molar-refractivity contribution in [3.63, 3.8) is 0 Å². The van der Waals surface area contributed by atoms with E-state index in [1.807, 2.05) is 6.92 Å². The highest BCUT2D eigenvalue weighted by Gasteiger charge is 2.01. The maximum Gasteiger partial charge on any atom is 0.160 e. The molecular formula is C11H13F2N. The number of nitrogens with one attached hydrogen (secondary N) is 1. The largest absolute Gasteiger partial charge is 0.381 e. The highest BCUT2D eigenvalue weighted by atomic mass is 19.2. The first-order valence-corrected chi connectivity index (χ1v) is 4.49. The van der Waals surface area contributed by atoms with Crippen molar-refractivity contribution in [2.45, 2.75) is 13.3 Å². The lowest BCUT2D eigenvalue weighted by Gasteiger charge is -2.07. The van der Waals surface area contributed by atoms with Crippen LogP contribution in [0.25, 0.3) is 0 Å². The lowest BCUT2D eigenvalue weighted by molar-refractivity contribution is 0.509. The van der Waals surface area contributed by atoms with Crippen LogP contribution >= 0.6 is 0 Å². The minimum Gasteiger partial charge on any atom is -0.381 e. The van der Waals surface area contributed by atoms with Crippen LogP contribution < -0.4 is 5.32 Å². The lowest BCUT2D eigenvalue weighted by atomic mass is 10.2. The van der Waals surface area contributed by atoms with Crippen LogP contribution in [0.1, 0.15) is 13.3 Å². The van der Waals surface area contributed by atoms with Crippen LogP contribution in [0.15, 0.2) is 30.4 Å². The fourth-order valence-electron chi connectivity index (χ4n) is 0.958. The molecule has 0 saturated carbocycles. The van der Waals surface area contributed by atoms with Crippen molar-refractivity contribution in [3.05, 3.63) is 42.0 Å². The van der Waals surface area contributed by atoms with E-state index in [2.05, 4.69) is 11.9 Å². The van der Waals surface area contributed by atoms with Gasteiger partial charge in [0, 0.05) is 18.3 Å². The highest BCUT2D eigenvalue weighted by Crippen LogP contribution is 2.13. The predicted molar refractivity (Wildman–Crippen MR) is 54.3 cm³/mol. The Hall–Kier alpha value is -1.38. The van der Waals surface area contributed by atoms with E-state index < -0.39 is 11.6 Å². The van der Waals surface area contributed by atoms with Crippen molar-refractivity contribution >= 4 is 5.69 Å². The monoisotopic (exact) mass is 197 g/mol. The molecule has 1 aromatic rings. The van der Waals surface area contributed by atoms with E-state index in [-0.39, 0.29) is 0 Å². The maximum atomic E-state index is 12.7. The Morgan fingerprint density at radius 1 is 1.36 bits per heavy atom.